The van der Waals surface area contributed by atoms with Gasteiger partial charge in [-0.25, -0.2) is 4.39 Å². The average molecular weight is 550 g/mol. The zero-order valence-electron chi connectivity index (χ0n) is 18.6. The van der Waals surface area contributed by atoms with E-state index in [1.54, 1.807) is 0 Å². The van der Waals surface area contributed by atoms with Crippen molar-refractivity contribution in [3.8, 4) is 6.07 Å². The molecular weight excluding hydrogens is 529 g/mol. The summed E-state index contributed by atoms with van der Waals surface area (Å²) in [5.74, 6) is -1.25. The molecule has 1 fully saturated rings. The van der Waals surface area contributed by atoms with Gasteiger partial charge in [0, 0.05) is 16.7 Å². The molecule has 1 N–H and O–H groups in total. The number of anilines is 1. The molecular formula is C27H21BrFN3O2S. The number of hydrogen-bond acceptors (Lipinski definition) is 4. The van der Waals surface area contributed by atoms with Crippen LogP contribution in [0.25, 0.3) is 0 Å². The summed E-state index contributed by atoms with van der Waals surface area (Å²) in [6.45, 7) is 0.346. The lowest BCUT2D eigenvalue weighted by atomic mass is 10.1. The van der Waals surface area contributed by atoms with Crippen molar-refractivity contribution in [2.75, 3.05) is 11.4 Å². The van der Waals surface area contributed by atoms with Crippen molar-refractivity contribution in [1.82, 2.24) is 5.32 Å². The maximum Gasteiger partial charge on any atom is 0.264 e. The minimum Gasteiger partial charge on any atom is -0.351 e. The Hall–Kier alpha value is -3.41. The number of carbonyl (C=O) groups excluding carboxylic acids is 2. The number of halogens is 2. The van der Waals surface area contributed by atoms with Crippen molar-refractivity contribution < 1.29 is 14.0 Å². The maximum atomic E-state index is 13.6. The summed E-state index contributed by atoms with van der Waals surface area (Å²) in [4.78, 5) is 27.8. The number of hydrogen-bond donors (Lipinski definition) is 1. The van der Waals surface area contributed by atoms with E-state index in [1.807, 2.05) is 60.7 Å². The second-order valence-corrected chi connectivity index (χ2v) is 9.98. The van der Waals surface area contributed by atoms with E-state index < -0.39 is 17.0 Å². The maximum absolute atomic E-state index is 13.6. The largest absolute Gasteiger partial charge is 0.351 e. The van der Waals surface area contributed by atoms with Gasteiger partial charge >= 0.3 is 0 Å². The first-order chi connectivity index (χ1) is 17.0. The topological polar surface area (TPSA) is 73.2 Å². The van der Waals surface area contributed by atoms with Crippen LogP contribution in [0.3, 0.4) is 0 Å². The molecule has 176 valence electrons. The van der Waals surface area contributed by atoms with Crippen molar-refractivity contribution >= 4 is 45.2 Å². The highest BCUT2D eigenvalue weighted by atomic mass is 79.9. The van der Waals surface area contributed by atoms with Crippen LogP contribution in [-0.2, 0) is 22.4 Å². The van der Waals surface area contributed by atoms with E-state index >= 15 is 0 Å². The van der Waals surface area contributed by atoms with Gasteiger partial charge in [0.25, 0.3) is 5.91 Å². The van der Waals surface area contributed by atoms with Crippen LogP contribution in [0.1, 0.15) is 11.1 Å². The summed E-state index contributed by atoms with van der Waals surface area (Å²) < 4.78 is 14.5. The van der Waals surface area contributed by atoms with E-state index in [1.165, 1.54) is 40.9 Å². The molecule has 1 aliphatic heterocycles. The van der Waals surface area contributed by atoms with Crippen LogP contribution in [0.15, 0.2) is 93.9 Å². The number of nitriles is 1. The smallest absolute Gasteiger partial charge is 0.264 e. The summed E-state index contributed by atoms with van der Waals surface area (Å²) in [5, 5.41) is 12.4. The van der Waals surface area contributed by atoms with E-state index in [-0.39, 0.29) is 16.5 Å². The Balaban J connectivity index is 1.61. The molecule has 35 heavy (non-hydrogen) atoms. The van der Waals surface area contributed by atoms with Crippen LogP contribution in [0.2, 0.25) is 0 Å². The number of thioether (sulfide) groups is 1. The lowest BCUT2D eigenvalue weighted by molar-refractivity contribution is -0.117. The van der Waals surface area contributed by atoms with Gasteiger partial charge in [0.15, 0.2) is 0 Å². The highest BCUT2D eigenvalue weighted by molar-refractivity contribution is 9.10. The quantitative estimate of drug-likeness (QED) is 0.317. The summed E-state index contributed by atoms with van der Waals surface area (Å²) in [5.41, 5.74) is 2.28. The summed E-state index contributed by atoms with van der Waals surface area (Å²) >= 11 is 4.59. The molecule has 3 aromatic rings. The average Bonchev–Trinajstić information content (AvgIpc) is 3.17. The fraction of sp³-hybridized carbons (Fsp3) is 0.148. The van der Waals surface area contributed by atoms with Crippen LogP contribution in [-0.4, -0.2) is 23.6 Å². The Bertz CT molecular complexity index is 1290. The Morgan fingerprint density at radius 2 is 1.71 bits per heavy atom. The molecule has 0 saturated carbocycles. The number of nitrogens with one attached hydrogen (secondary N) is 1. The fourth-order valence-corrected chi connectivity index (χ4v) is 5.27. The Kier molecular flexibility index (Phi) is 8.01. The molecule has 0 bridgehead atoms. The van der Waals surface area contributed by atoms with Gasteiger partial charge < -0.3 is 5.32 Å². The molecule has 1 aliphatic rings. The first-order valence-electron chi connectivity index (χ1n) is 10.9. The fourth-order valence-electron chi connectivity index (χ4n) is 3.70. The number of nitrogens with zero attached hydrogens (tertiary/aromatic N) is 2. The van der Waals surface area contributed by atoms with E-state index in [2.05, 4.69) is 21.2 Å². The molecule has 3 aromatic carbocycles. The lowest BCUT2D eigenvalue weighted by Gasteiger charge is -2.18. The highest BCUT2D eigenvalue weighted by Gasteiger charge is 2.40. The second kappa shape index (κ2) is 11.3. The summed E-state index contributed by atoms with van der Waals surface area (Å²) in [6.07, 6.45) is 1.03. The second-order valence-electron chi connectivity index (χ2n) is 7.87. The molecule has 4 rings (SSSR count). The molecule has 1 atom stereocenters. The SMILES string of the molecule is N#C/C(C(=O)NCCc1ccccc1)=C1/S[C@@H](Cc2ccc(Br)cc2)C(=O)N1c1ccc(F)cc1. The molecule has 1 saturated heterocycles. The first-order valence-corrected chi connectivity index (χ1v) is 12.6. The molecule has 8 heteroatoms. The van der Waals surface area contributed by atoms with Crippen molar-refractivity contribution in [3.05, 3.63) is 111 Å². The third-order valence-electron chi connectivity index (χ3n) is 5.47. The zero-order chi connectivity index (χ0) is 24.8. The van der Waals surface area contributed by atoms with Crippen LogP contribution in [0.5, 0.6) is 0 Å². The summed E-state index contributed by atoms with van der Waals surface area (Å²) in [6, 6.07) is 24.8. The van der Waals surface area contributed by atoms with E-state index in [9.17, 15) is 19.2 Å². The van der Waals surface area contributed by atoms with Crippen molar-refractivity contribution in [2.24, 2.45) is 0 Å². The number of amides is 2. The predicted molar refractivity (Wildman–Crippen MR) is 139 cm³/mol. The van der Waals surface area contributed by atoms with Gasteiger partial charge in [-0.05, 0) is 60.4 Å². The molecule has 5 nitrogen and oxygen atoms in total. The van der Waals surface area contributed by atoms with E-state index in [0.717, 1.165) is 15.6 Å². The van der Waals surface area contributed by atoms with Gasteiger partial charge in [0.05, 0.1) is 5.25 Å². The van der Waals surface area contributed by atoms with E-state index in [4.69, 9.17) is 0 Å². The zero-order valence-corrected chi connectivity index (χ0v) is 21.0. The van der Waals surface area contributed by atoms with Gasteiger partial charge in [0.2, 0.25) is 5.91 Å². The molecule has 0 spiro atoms. The van der Waals surface area contributed by atoms with Crippen LogP contribution < -0.4 is 10.2 Å². The number of carbonyl (C=O) groups is 2. The van der Waals surface area contributed by atoms with Gasteiger partial charge in [0.1, 0.15) is 22.5 Å². The molecule has 0 unspecified atom stereocenters. The number of benzene rings is 3. The summed E-state index contributed by atoms with van der Waals surface area (Å²) in [7, 11) is 0. The van der Waals surface area contributed by atoms with Crippen molar-refractivity contribution in [3.63, 3.8) is 0 Å². The predicted octanol–water partition coefficient (Wildman–Crippen LogP) is 5.37. The minimum atomic E-state index is -0.546. The van der Waals surface area contributed by atoms with Crippen LogP contribution >= 0.6 is 27.7 Å². The van der Waals surface area contributed by atoms with Gasteiger partial charge in [-0.15, -0.1) is 0 Å². The lowest BCUT2D eigenvalue weighted by Crippen LogP contribution is -2.32. The molecule has 0 radical (unpaired) electrons. The third-order valence-corrected chi connectivity index (χ3v) is 7.26. The molecule has 2 amide bonds. The van der Waals surface area contributed by atoms with Crippen LogP contribution in [0, 0.1) is 17.1 Å². The van der Waals surface area contributed by atoms with Crippen molar-refractivity contribution in [1.29, 1.82) is 5.26 Å². The minimum absolute atomic E-state index is 0.140. The van der Waals surface area contributed by atoms with Crippen LogP contribution in [0.4, 0.5) is 10.1 Å². The molecule has 0 aromatic heterocycles. The van der Waals surface area contributed by atoms with Gasteiger partial charge in [-0.2, -0.15) is 5.26 Å². The monoisotopic (exact) mass is 549 g/mol. The third kappa shape index (κ3) is 5.99. The first kappa shape index (κ1) is 24.7. The van der Waals surface area contributed by atoms with E-state index in [0.29, 0.717) is 25.1 Å². The Morgan fingerprint density at radius 3 is 2.37 bits per heavy atom. The standard InChI is InChI=1S/C27H21BrFN3O2S/c28-20-8-6-19(7-9-20)16-24-26(34)32(22-12-10-21(29)11-13-22)27(35-24)23(17-30)25(33)31-15-14-18-4-2-1-3-5-18/h1-13,24H,14-16H2,(H,31,33)/b27-23-/t24-/m0/s1. The Morgan fingerprint density at radius 1 is 1.03 bits per heavy atom. The van der Waals surface area contributed by atoms with Gasteiger partial charge in [-0.3, -0.25) is 14.5 Å². The molecule has 1 heterocycles. The molecule has 0 aliphatic carbocycles. The highest BCUT2D eigenvalue weighted by Crippen LogP contribution is 2.42. The normalized spacial score (nSPS) is 16.7. The Labute approximate surface area is 215 Å². The number of rotatable bonds is 7. The van der Waals surface area contributed by atoms with Crippen molar-refractivity contribution in [2.45, 2.75) is 18.1 Å². The van der Waals surface area contributed by atoms with Gasteiger partial charge in [-0.1, -0.05) is 70.2 Å².